The van der Waals surface area contributed by atoms with E-state index in [-0.39, 0.29) is 11.9 Å². The van der Waals surface area contributed by atoms with Crippen LogP contribution in [-0.4, -0.2) is 43.7 Å². The molecule has 0 spiro atoms. The summed E-state index contributed by atoms with van der Waals surface area (Å²) in [6.07, 6.45) is 0. The van der Waals surface area contributed by atoms with Gasteiger partial charge in [-0.15, -0.1) is 11.3 Å². The quantitative estimate of drug-likeness (QED) is 0.690. The molecule has 1 unspecified atom stereocenters. The Morgan fingerprint density at radius 1 is 1.33 bits per heavy atom. The Balaban J connectivity index is 1.52. The van der Waals surface area contributed by atoms with Gasteiger partial charge in [-0.05, 0) is 36.6 Å². The normalized spacial score (nSPS) is 16.5. The second kappa shape index (κ2) is 8.02. The molecule has 0 radical (unpaired) electrons. The molecule has 3 aromatic rings. The van der Waals surface area contributed by atoms with Gasteiger partial charge in [-0.25, -0.2) is 0 Å². The molecule has 1 aliphatic rings. The summed E-state index contributed by atoms with van der Waals surface area (Å²) in [4.78, 5) is 16.4. The third-order valence-corrected chi connectivity index (χ3v) is 6.13. The van der Waals surface area contributed by atoms with Crippen LogP contribution in [-0.2, 0) is 4.74 Å². The molecule has 7 heteroatoms. The molecule has 1 atom stereocenters. The average Bonchev–Trinajstić information content (AvgIpc) is 3.32. The van der Waals surface area contributed by atoms with E-state index < -0.39 is 0 Å². The van der Waals surface area contributed by atoms with Gasteiger partial charge in [0.15, 0.2) is 5.76 Å². The van der Waals surface area contributed by atoms with E-state index >= 15 is 0 Å². The average molecular weight is 405 g/mol. The summed E-state index contributed by atoms with van der Waals surface area (Å²) < 4.78 is 11.3. The molecule has 0 saturated carbocycles. The number of aryl methyl sites for hydroxylation is 1. The van der Waals surface area contributed by atoms with Crippen LogP contribution in [0, 0.1) is 6.92 Å². The number of thiophene rings is 1. The highest BCUT2D eigenvalue weighted by molar-refractivity contribution is 7.10. The van der Waals surface area contributed by atoms with Gasteiger partial charge in [0.2, 0.25) is 0 Å². The molecular formula is C20H21ClN2O3S. The maximum absolute atomic E-state index is 12.8. The second-order valence-corrected chi connectivity index (χ2v) is 8.00. The number of hydrogen-bond donors (Lipinski definition) is 1. The largest absolute Gasteiger partial charge is 0.451 e. The lowest BCUT2D eigenvalue weighted by Gasteiger charge is -2.34. The number of rotatable bonds is 5. The van der Waals surface area contributed by atoms with E-state index in [0.717, 1.165) is 37.3 Å². The first-order valence-electron chi connectivity index (χ1n) is 8.95. The predicted octanol–water partition coefficient (Wildman–Crippen LogP) is 4.26. The second-order valence-electron chi connectivity index (χ2n) is 6.59. The molecule has 2 aromatic heterocycles. The van der Waals surface area contributed by atoms with Gasteiger partial charge in [-0.1, -0.05) is 17.7 Å². The van der Waals surface area contributed by atoms with Crippen molar-refractivity contribution in [3.05, 3.63) is 56.9 Å². The standard InChI is InChI=1S/C20H21ClN2O3S/c1-13-15-11-14(21)4-5-17(15)26-19(13)20(24)22-12-16(18-3-2-10-27-18)23-6-8-25-9-7-23/h2-5,10-11,16H,6-9,12H2,1H3,(H,22,24). The predicted molar refractivity (Wildman–Crippen MR) is 108 cm³/mol. The summed E-state index contributed by atoms with van der Waals surface area (Å²) in [5, 5.41) is 6.63. The first-order chi connectivity index (χ1) is 13.1. The third-order valence-electron chi connectivity index (χ3n) is 4.92. The van der Waals surface area contributed by atoms with Crippen molar-refractivity contribution in [1.82, 2.24) is 10.2 Å². The monoisotopic (exact) mass is 404 g/mol. The number of furan rings is 1. The van der Waals surface area contributed by atoms with Crippen LogP contribution in [0.15, 0.2) is 40.1 Å². The Bertz CT molecular complexity index is 932. The first kappa shape index (κ1) is 18.5. The summed E-state index contributed by atoms with van der Waals surface area (Å²) in [6.45, 7) is 5.58. The van der Waals surface area contributed by atoms with Crippen molar-refractivity contribution in [2.75, 3.05) is 32.8 Å². The topological polar surface area (TPSA) is 54.7 Å². The summed E-state index contributed by atoms with van der Waals surface area (Å²) in [6, 6.07) is 9.68. The lowest BCUT2D eigenvalue weighted by Crippen LogP contribution is -2.43. The van der Waals surface area contributed by atoms with Crippen LogP contribution in [0.1, 0.15) is 27.0 Å². The Hall–Kier alpha value is -1.86. The number of benzene rings is 1. The Morgan fingerprint density at radius 3 is 2.89 bits per heavy atom. The van der Waals surface area contributed by atoms with E-state index in [4.69, 9.17) is 20.8 Å². The number of halogens is 1. The number of nitrogens with one attached hydrogen (secondary N) is 1. The maximum atomic E-state index is 12.8. The number of carbonyl (C=O) groups excluding carboxylic acids is 1. The van der Waals surface area contributed by atoms with Crippen molar-refractivity contribution in [2.24, 2.45) is 0 Å². The molecule has 3 heterocycles. The summed E-state index contributed by atoms with van der Waals surface area (Å²) in [7, 11) is 0. The first-order valence-corrected chi connectivity index (χ1v) is 10.2. The van der Waals surface area contributed by atoms with Crippen LogP contribution in [0.5, 0.6) is 0 Å². The molecule has 1 aliphatic heterocycles. The van der Waals surface area contributed by atoms with E-state index in [2.05, 4.69) is 21.7 Å². The zero-order valence-corrected chi connectivity index (χ0v) is 16.6. The zero-order valence-electron chi connectivity index (χ0n) is 15.0. The molecule has 4 rings (SSSR count). The van der Waals surface area contributed by atoms with Crippen LogP contribution in [0.4, 0.5) is 0 Å². The Kier molecular flexibility index (Phi) is 5.50. The van der Waals surface area contributed by atoms with Gasteiger partial charge in [0.25, 0.3) is 5.91 Å². The number of fused-ring (bicyclic) bond motifs is 1. The van der Waals surface area contributed by atoms with E-state index in [9.17, 15) is 4.79 Å². The van der Waals surface area contributed by atoms with Gasteiger partial charge >= 0.3 is 0 Å². The minimum atomic E-state index is -0.199. The Labute approximate surface area is 166 Å². The number of ether oxygens (including phenoxy) is 1. The van der Waals surface area contributed by atoms with Crippen molar-refractivity contribution in [3.8, 4) is 0 Å². The summed E-state index contributed by atoms with van der Waals surface area (Å²) in [5.41, 5.74) is 1.48. The zero-order chi connectivity index (χ0) is 18.8. The van der Waals surface area contributed by atoms with Gasteiger partial charge in [0.1, 0.15) is 5.58 Å². The highest BCUT2D eigenvalue weighted by Crippen LogP contribution is 2.29. The number of carbonyl (C=O) groups is 1. The number of morpholine rings is 1. The van der Waals surface area contributed by atoms with E-state index in [0.29, 0.717) is 22.9 Å². The Morgan fingerprint density at radius 2 is 2.15 bits per heavy atom. The fourth-order valence-electron chi connectivity index (χ4n) is 3.46. The fourth-order valence-corrected chi connectivity index (χ4v) is 4.49. The van der Waals surface area contributed by atoms with Gasteiger partial charge in [0, 0.05) is 40.5 Å². The molecule has 27 heavy (non-hydrogen) atoms. The molecule has 1 aromatic carbocycles. The maximum Gasteiger partial charge on any atom is 0.287 e. The van der Waals surface area contributed by atoms with Gasteiger partial charge in [-0.3, -0.25) is 9.69 Å². The van der Waals surface area contributed by atoms with E-state index in [1.165, 1.54) is 4.88 Å². The van der Waals surface area contributed by atoms with Crippen LogP contribution < -0.4 is 5.32 Å². The highest BCUT2D eigenvalue weighted by atomic mass is 35.5. The minimum absolute atomic E-state index is 0.136. The van der Waals surface area contributed by atoms with Crippen molar-refractivity contribution < 1.29 is 13.9 Å². The smallest absolute Gasteiger partial charge is 0.287 e. The summed E-state index contributed by atoms with van der Waals surface area (Å²) in [5.74, 6) is 0.147. The van der Waals surface area contributed by atoms with Gasteiger partial charge < -0.3 is 14.5 Å². The fraction of sp³-hybridized carbons (Fsp3) is 0.350. The molecule has 1 amide bonds. The molecule has 0 bridgehead atoms. The van der Waals surface area contributed by atoms with Crippen LogP contribution in [0.25, 0.3) is 11.0 Å². The highest BCUT2D eigenvalue weighted by Gasteiger charge is 2.25. The molecule has 142 valence electrons. The van der Waals surface area contributed by atoms with E-state index in [1.807, 2.05) is 19.1 Å². The van der Waals surface area contributed by atoms with Crippen molar-refractivity contribution in [3.63, 3.8) is 0 Å². The molecule has 5 nitrogen and oxygen atoms in total. The number of amides is 1. The molecule has 1 saturated heterocycles. The van der Waals surface area contributed by atoms with Gasteiger partial charge in [0.05, 0.1) is 19.3 Å². The lowest BCUT2D eigenvalue weighted by molar-refractivity contribution is 0.0168. The summed E-state index contributed by atoms with van der Waals surface area (Å²) >= 11 is 7.78. The van der Waals surface area contributed by atoms with Crippen molar-refractivity contribution >= 4 is 39.8 Å². The third kappa shape index (κ3) is 3.89. The minimum Gasteiger partial charge on any atom is -0.451 e. The van der Waals surface area contributed by atoms with Crippen LogP contribution in [0.3, 0.4) is 0 Å². The molecule has 1 N–H and O–H groups in total. The number of hydrogen-bond acceptors (Lipinski definition) is 5. The van der Waals surface area contributed by atoms with Gasteiger partial charge in [-0.2, -0.15) is 0 Å². The SMILES string of the molecule is Cc1c(C(=O)NCC(c2cccs2)N2CCOCC2)oc2ccc(Cl)cc12. The van der Waals surface area contributed by atoms with Crippen molar-refractivity contribution in [2.45, 2.75) is 13.0 Å². The van der Waals surface area contributed by atoms with E-state index in [1.54, 1.807) is 23.5 Å². The van der Waals surface area contributed by atoms with Crippen LogP contribution in [0.2, 0.25) is 5.02 Å². The molecule has 1 fully saturated rings. The lowest BCUT2D eigenvalue weighted by atomic mass is 10.1. The van der Waals surface area contributed by atoms with Crippen LogP contribution >= 0.6 is 22.9 Å². The molecule has 0 aliphatic carbocycles. The van der Waals surface area contributed by atoms with Crippen molar-refractivity contribution in [1.29, 1.82) is 0 Å². The molecular weight excluding hydrogens is 384 g/mol. The number of nitrogens with zero attached hydrogens (tertiary/aromatic N) is 1.